The van der Waals surface area contributed by atoms with Crippen LogP contribution < -0.4 is 24.5 Å². The zero-order chi connectivity index (χ0) is 105. The fourth-order valence-electron chi connectivity index (χ4n) is 14.4. The normalized spacial score (nSPS) is 9.64. The molecule has 0 N–H and O–H groups in total. The van der Waals surface area contributed by atoms with Gasteiger partial charge in [-0.15, -0.1) is 37.7 Å². The summed E-state index contributed by atoms with van der Waals surface area (Å²) in [6.07, 6.45) is 31.3. The largest absolute Gasteiger partial charge is 0.311 e. The molecule has 1 unspecified atom stereocenters. The van der Waals surface area contributed by atoms with Crippen molar-refractivity contribution in [2.45, 2.75) is 235 Å². The van der Waals surface area contributed by atoms with E-state index < -0.39 is 0 Å². The van der Waals surface area contributed by atoms with Crippen LogP contribution in [0.1, 0.15) is 230 Å². The van der Waals surface area contributed by atoms with Gasteiger partial charge < -0.3 is 24.5 Å². The first-order valence-corrected chi connectivity index (χ1v) is 53.7. The van der Waals surface area contributed by atoms with Gasteiger partial charge in [0, 0.05) is 84.5 Å². The second-order valence-electron chi connectivity index (χ2n) is 29.7. The van der Waals surface area contributed by atoms with Crippen LogP contribution in [-0.2, 0) is 32.1 Å². The van der Waals surface area contributed by atoms with Crippen molar-refractivity contribution in [3.63, 3.8) is 0 Å². The number of rotatable bonds is 36. The number of thiophene rings is 1. The molecule has 0 aliphatic carbocycles. The molecule has 0 fully saturated rings. The Bertz CT molecular complexity index is 5250. The van der Waals surface area contributed by atoms with Gasteiger partial charge in [-0.3, -0.25) is 4.98 Å². The third kappa shape index (κ3) is 47.4. The van der Waals surface area contributed by atoms with Gasteiger partial charge in [-0.1, -0.05) is 413 Å². The SMILES string of the molecule is C=C/C=C/CCCCc1ccc(N(c2ccccc2)c2ccccc2)cc1.C=CCC(C)Cc1ccc(N(c2ccccc2)c2ccccc2)cn1.C=CCCCc1ccc(N(c2ccccc2)c2ccccc2)cc1.C=CCCCc1cccc(N(c2ccccc2)c2ccccc2)c1.C=CCCc1ccc(N(c2ccccc2)c2ccccc2)s1.CC.CC.CC.CC.CC.CC.CC.CC.CC.CC. The summed E-state index contributed by atoms with van der Waals surface area (Å²) in [6.45, 7) is 61.2. The minimum atomic E-state index is 0.565. The van der Waals surface area contributed by atoms with Crippen LogP contribution in [0.2, 0.25) is 0 Å². The number of anilines is 15. The summed E-state index contributed by atoms with van der Waals surface area (Å²) >= 11 is 1.85. The van der Waals surface area contributed by atoms with E-state index >= 15 is 0 Å². The van der Waals surface area contributed by atoms with Gasteiger partial charge in [0.05, 0.1) is 11.9 Å². The molecular weight excluding hydrogens is 1740 g/mol. The maximum Gasteiger partial charge on any atom is 0.100 e. The predicted octanol–water partition coefficient (Wildman–Crippen LogP) is 43.8. The van der Waals surface area contributed by atoms with Crippen LogP contribution in [0.25, 0.3) is 0 Å². The van der Waals surface area contributed by atoms with Crippen LogP contribution in [0.15, 0.2) is 482 Å². The highest BCUT2D eigenvalue weighted by Crippen LogP contribution is 2.42. The van der Waals surface area contributed by atoms with Gasteiger partial charge in [-0.05, 0) is 294 Å². The lowest BCUT2D eigenvalue weighted by atomic mass is 10.0. The van der Waals surface area contributed by atoms with Crippen molar-refractivity contribution >= 4 is 96.0 Å². The van der Waals surface area contributed by atoms with Crippen molar-refractivity contribution in [3.8, 4) is 0 Å². The Balaban J connectivity index is 0.000000848. The summed E-state index contributed by atoms with van der Waals surface area (Å²) in [5.41, 5.74) is 21.6. The van der Waals surface area contributed by atoms with E-state index in [9.17, 15) is 0 Å². The average Bonchev–Trinajstić information content (AvgIpc) is 1.74. The lowest BCUT2D eigenvalue weighted by Gasteiger charge is -2.25. The second kappa shape index (κ2) is 85.2. The highest BCUT2D eigenvalue weighted by atomic mass is 32.1. The topological polar surface area (TPSA) is 29.1 Å². The average molecular weight is 1920 g/mol. The van der Waals surface area contributed by atoms with Crippen molar-refractivity contribution in [1.29, 1.82) is 0 Å². The van der Waals surface area contributed by atoms with Crippen molar-refractivity contribution in [3.05, 3.63) is 509 Å². The van der Waals surface area contributed by atoms with Gasteiger partial charge in [0.1, 0.15) is 5.00 Å². The fourth-order valence-corrected chi connectivity index (χ4v) is 15.4. The van der Waals surface area contributed by atoms with Gasteiger partial charge in [0.2, 0.25) is 0 Å². The molecule has 0 spiro atoms. The second-order valence-corrected chi connectivity index (χ2v) is 30.9. The predicted molar refractivity (Wildman–Crippen MR) is 644 cm³/mol. The lowest BCUT2D eigenvalue weighted by molar-refractivity contribution is 0.581. The monoisotopic (exact) mass is 1910 g/mol. The smallest absolute Gasteiger partial charge is 0.100 e. The minimum absolute atomic E-state index is 0.565. The zero-order valence-electron chi connectivity index (χ0n) is 90.8. The minimum Gasteiger partial charge on any atom is -0.311 e. The summed E-state index contributed by atoms with van der Waals surface area (Å²) in [5, 5.41) is 1.25. The van der Waals surface area contributed by atoms with Crippen molar-refractivity contribution < 1.29 is 0 Å². The maximum absolute atomic E-state index is 4.70. The van der Waals surface area contributed by atoms with Gasteiger partial charge >= 0.3 is 0 Å². The Morgan fingerprint density at radius 1 is 0.246 bits per heavy atom. The Labute approximate surface area is 869 Å². The molecule has 0 radical (unpaired) electrons. The molecule has 0 saturated carbocycles. The fraction of sp³-hybridized carbons (Fsp3) is 0.267. The number of unbranched alkanes of at least 4 members (excludes halogenated alkanes) is 4. The molecule has 2 heterocycles. The van der Waals surface area contributed by atoms with E-state index in [0.29, 0.717) is 5.92 Å². The molecular formula is C135H176N6S. The van der Waals surface area contributed by atoms with Crippen molar-refractivity contribution in [2.24, 2.45) is 5.92 Å². The van der Waals surface area contributed by atoms with Crippen LogP contribution in [0.4, 0.5) is 84.6 Å². The molecule has 13 aromatic carbocycles. The van der Waals surface area contributed by atoms with E-state index in [1.54, 1.807) is 0 Å². The number of aryl methyl sites for hydroxylation is 4. The summed E-state index contributed by atoms with van der Waals surface area (Å²) in [7, 11) is 0. The first-order valence-electron chi connectivity index (χ1n) is 52.8. The molecule has 752 valence electrons. The Hall–Kier alpha value is -13.9. The summed E-state index contributed by atoms with van der Waals surface area (Å²) in [5.74, 6) is 0.565. The molecule has 0 saturated heterocycles. The molecule has 142 heavy (non-hydrogen) atoms. The first-order chi connectivity index (χ1) is 70.3. The summed E-state index contributed by atoms with van der Waals surface area (Å²) in [4.78, 5) is 17.5. The third-order valence-corrected chi connectivity index (χ3v) is 21.6. The number of para-hydroxylation sites is 10. The molecule has 0 amide bonds. The first kappa shape index (κ1) is 126. The molecule has 6 nitrogen and oxygen atoms in total. The maximum atomic E-state index is 4.70. The number of allylic oxidation sites excluding steroid dienone is 7. The Kier molecular flexibility index (Phi) is 75.7. The van der Waals surface area contributed by atoms with Crippen LogP contribution in [0.5, 0.6) is 0 Å². The van der Waals surface area contributed by atoms with Gasteiger partial charge in [0.25, 0.3) is 0 Å². The number of benzene rings is 13. The highest BCUT2D eigenvalue weighted by molar-refractivity contribution is 7.16. The van der Waals surface area contributed by atoms with Gasteiger partial charge in [-0.2, -0.15) is 0 Å². The molecule has 15 rings (SSSR count). The van der Waals surface area contributed by atoms with Crippen LogP contribution in [0.3, 0.4) is 0 Å². The Morgan fingerprint density at radius 2 is 0.528 bits per heavy atom. The molecule has 7 heteroatoms. The molecule has 0 bridgehead atoms. The number of hydrogen-bond donors (Lipinski definition) is 0. The van der Waals surface area contributed by atoms with Crippen LogP contribution >= 0.6 is 11.3 Å². The van der Waals surface area contributed by atoms with Gasteiger partial charge in [0.15, 0.2) is 0 Å². The van der Waals surface area contributed by atoms with E-state index in [1.165, 1.54) is 102 Å². The van der Waals surface area contributed by atoms with E-state index in [2.05, 4.69) is 459 Å². The standard InChI is InChI=1S/C26H27N.C23H24N2.2C23H23N.C20H19NS.10C2H6/c1-2-3-4-5-6-9-14-23-19-21-26(22-20-23)27(24-15-10-7-11-16-24)25-17-12-8-13-18-25;1-3-10-19(2)17-20-15-16-23(18-24-20)25(21-11-6-4-7-12-21)22-13-8-5-9-14-22;1-2-3-6-12-20-13-11-18-23(19-20)24(21-14-7-4-8-15-21)22-16-9-5-10-17-22;1-2-3-6-11-20-16-18-23(19-17-20)24(21-12-7-4-8-13-21)22-14-9-5-10-15-22;1-2-3-14-19-15-16-20(22-19)21(17-10-6-4-7-11-17)18-12-8-5-9-13-18;10*1-2/h2-4,7-8,10-13,15-22H,1,5-6,9,14H2;3-9,11-16,18-19H,1,10,17H2,2H3;2,4-5,7-11,13-19H,1,3,6,12H2;2,4-5,7-10,12-19H,1,3,6,11H2;2,4-13,15-16H,1,3,14H2;10*1-2H3/b4-3+;;;;;;;;;;;;;;. The number of hydrogen-bond acceptors (Lipinski definition) is 7. The Morgan fingerprint density at radius 3 is 0.831 bits per heavy atom. The number of pyridine rings is 1. The third-order valence-electron chi connectivity index (χ3n) is 20.5. The molecule has 1 atom stereocenters. The van der Waals surface area contributed by atoms with E-state index in [1.807, 2.05) is 205 Å². The molecule has 2 aromatic heterocycles. The quantitative estimate of drug-likeness (QED) is 0.0221. The molecule has 0 aliphatic rings. The summed E-state index contributed by atoms with van der Waals surface area (Å²) in [6, 6.07) is 140. The van der Waals surface area contributed by atoms with E-state index in [0.717, 1.165) is 99.8 Å². The van der Waals surface area contributed by atoms with Crippen LogP contribution in [-0.4, -0.2) is 4.98 Å². The number of nitrogens with zero attached hydrogens (tertiary/aromatic N) is 6. The molecule has 15 aromatic rings. The van der Waals surface area contributed by atoms with Gasteiger partial charge in [-0.25, -0.2) is 0 Å². The lowest BCUT2D eigenvalue weighted by Crippen LogP contribution is -2.10. The number of aromatic nitrogens is 1. The van der Waals surface area contributed by atoms with E-state index in [4.69, 9.17) is 4.98 Å². The van der Waals surface area contributed by atoms with Crippen molar-refractivity contribution in [1.82, 2.24) is 4.98 Å². The zero-order valence-corrected chi connectivity index (χ0v) is 91.6. The van der Waals surface area contributed by atoms with Crippen LogP contribution in [0, 0.1) is 5.92 Å². The van der Waals surface area contributed by atoms with Crippen molar-refractivity contribution in [2.75, 3.05) is 24.5 Å². The highest BCUT2D eigenvalue weighted by Gasteiger charge is 2.19. The summed E-state index contributed by atoms with van der Waals surface area (Å²) < 4.78 is 0. The molecule has 0 aliphatic heterocycles. The van der Waals surface area contributed by atoms with E-state index in [-0.39, 0.29) is 0 Å².